The molecule has 2 aliphatic rings. The number of fused-ring (bicyclic) bond motifs is 1. The minimum atomic E-state index is -0.467. The molecular weight excluding hydrogens is 362 g/mol. The first-order chi connectivity index (χ1) is 14.1. The van der Waals surface area contributed by atoms with Crippen LogP contribution in [0.4, 0.5) is 5.69 Å². The van der Waals surface area contributed by atoms with E-state index in [1.54, 1.807) is 12.4 Å². The van der Waals surface area contributed by atoms with Crippen molar-refractivity contribution >= 4 is 17.5 Å². The van der Waals surface area contributed by atoms with Crippen LogP contribution in [0, 0.1) is 0 Å². The van der Waals surface area contributed by atoms with Gasteiger partial charge >= 0.3 is 0 Å². The zero-order chi connectivity index (χ0) is 20.4. The standard InChI is InChI=1S/C24H29N3O2/c1-3-17(2)27-23(29)20-12-6-5-11-19(20)21(24(27)13-7-4-8-14-24)22(28)26-18-10-9-15-25-16-18/h5-6,9-12,15-17,21H,3-4,7-8,13-14H2,1-2H3,(H,26,28)/t17-,21+/m1/s1. The zero-order valence-corrected chi connectivity index (χ0v) is 17.2. The summed E-state index contributed by atoms with van der Waals surface area (Å²) in [5, 5.41) is 3.08. The van der Waals surface area contributed by atoms with E-state index in [9.17, 15) is 9.59 Å². The maximum Gasteiger partial charge on any atom is 0.254 e. The second-order valence-corrected chi connectivity index (χ2v) is 8.35. The second kappa shape index (κ2) is 7.97. The molecule has 0 bridgehead atoms. The summed E-state index contributed by atoms with van der Waals surface area (Å²) >= 11 is 0. The number of nitrogens with zero attached hydrogens (tertiary/aromatic N) is 2. The lowest BCUT2D eigenvalue weighted by atomic mass is 9.64. The van der Waals surface area contributed by atoms with Gasteiger partial charge in [-0.05, 0) is 49.9 Å². The molecule has 152 valence electrons. The number of hydrogen-bond acceptors (Lipinski definition) is 3. The van der Waals surface area contributed by atoms with Crippen molar-refractivity contribution in [2.75, 3.05) is 5.32 Å². The molecule has 2 aromatic rings. The van der Waals surface area contributed by atoms with Gasteiger partial charge in [0.1, 0.15) is 0 Å². The highest BCUT2D eigenvalue weighted by Crippen LogP contribution is 2.50. The minimum Gasteiger partial charge on any atom is -0.329 e. The molecule has 4 rings (SSSR count). The average molecular weight is 392 g/mol. The van der Waals surface area contributed by atoms with E-state index in [0.29, 0.717) is 11.3 Å². The number of rotatable bonds is 4. The summed E-state index contributed by atoms with van der Waals surface area (Å²) in [5.74, 6) is -0.360. The van der Waals surface area contributed by atoms with Crippen molar-refractivity contribution in [1.82, 2.24) is 9.88 Å². The molecule has 1 fully saturated rings. The van der Waals surface area contributed by atoms with Gasteiger partial charge in [0.2, 0.25) is 5.91 Å². The molecule has 2 heterocycles. The molecule has 1 spiro atoms. The van der Waals surface area contributed by atoms with Gasteiger partial charge < -0.3 is 10.2 Å². The van der Waals surface area contributed by atoms with Crippen LogP contribution >= 0.6 is 0 Å². The molecule has 1 aliphatic carbocycles. The Morgan fingerprint density at radius 3 is 2.66 bits per heavy atom. The Morgan fingerprint density at radius 2 is 1.97 bits per heavy atom. The van der Waals surface area contributed by atoms with E-state index in [4.69, 9.17) is 0 Å². The van der Waals surface area contributed by atoms with Gasteiger partial charge in [-0.15, -0.1) is 0 Å². The number of carbonyl (C=O) groups excluding carboxylic acids is 2. The van der Waals surface area contributed by atoms with E-state index in [2.05, 4.69) is 29.0 Å². The average Bonchev–Trinajstić information content (AvgIpc) is 2.75. The first kappa shape index (κ1) is 19.6. The van der Waals surface area contributed by atoms with Crippen LogP contribution in [0.5, 0.6) is 0 Å². The van der Waals surface area contributed by atoms with Crippen LogP contribution < -0.4 is 5.32 Å². The normalized spacial score (nSPS) is 21.5. The summed E-state index contributed by atoms with van der Waals surface area (Å²) in [4.78, 5) is 33.5. The summed E-state index contributed by atoms with van der Waals surface area (Å²) < 4.78 is 0. The minimum absolute atomic E-state index is 0.0480. The van der Waals surface area contributed by atoms with Crippen molar-refractivity contribution < 1.29 is 9.59 Å². The van der Waals surface area contributed by atoms with Crippen molar-refractivity contribution in [3.63, 3.8) is 0 Å². The molecule has 1 aliphatic heterocycles. The number of carbonyl (C=O) groups is 2. The van der Waals surface area contributed by atoms with Crippen molar-refractivity contribution in [2.45, 2.75) is 69.9 Å². The molecule has 0 radical (unpaired) electrons. The predicted octanol–water partition coefficient (Wildman–Crippen LogP) is 4.76. The maximum atomic E-state index is 13.7. The smallest absolute Gasteiger partial charge is 0.254 e. The van der Waals surface area contributed by atoms with Crippen molar-refractivity contribution in [3.8, 4) is 0 Å². The van der Waals surface area contributed by atoms with Gasteiger partial charge in [0, 0.05) is 17.8 Å². The Labute approximate surface area is 172 Å². The quantitative estimate of drug-likeness (QED) is 0.817. The molecule has 29 heavy (non-hydrogen) atoms. The first-order valence-electron chi connectivity index (χ1n) is 10.7. The Kier molecular flexibility index (Phi) is 5.39. The van der Waals surface area contributed by atoms with Crippen LogP contribution in [0.3, 0.4) is 0 Å². The van der Waals surface area contributed by atoms with Crippen LogP contribution in [0.1, 0.15) is 74.2 Å². The second-order valence-electron chi connectivity index (χ2n) is 8.35. The Morgan fingerprint density at radius 1 is 1.21 bits per heavy atom. The lowest BCUT2D eigenvalue weighted by molar-refractivity contribution is -0.122. The molecule has 2 amide bonds. The number of nitrogens with one attached hydrogen (secondary N) is 1. The van der Waals surface area contributed by atoms with Crippen LogP contribution in [-0.2, 0) is 4.79 Å². The summed E-state index contributed by atoms with van der Waals surface area (Å²) in [7, 11) is 0. The predicted molar refractivity (Wildman–Crippen MR) is 114 cm³/mol. The molecule has 1 aromatic heterocycles. The molecule has 1 N–H and O–H groups in total. The molecule has 5 heteroatoms. The van der Waals surface area contributed by atoms with E-state index < -0.39 is 5.54 Å². The van der Waals surface area contributed by atoms with E-state index in [0.717, 1.165) is 44.1 Å². The monoisotopic (exact) mass is 391 g/mol. The Hall–Kier alpha value is -2.69. The van der Waals surface area contributed by atoms with Gasteiger partial charge in [-0.1, -0.05) is 44.4 Å². The fraction of sp³-hybridized carbons (Fsp3) is 0.458. The molecular formula is C24H29N3O2. The van der Waals surface area contributed by atoms with Gasteiger partial charge in [0.25, 0.3) is 5.91 Å². The van der Waals surface area contributed by atoms with Gasteiger partial charge in [-0.3, -0.25) is 14.6 Å². The van der Waals surface area contributed by atoms with Gasteiger partial charge in [0.05, 0.1) is 23.3 Å². The van der Waals surface area contributed by atoms with Gasteiger partial charge in [0.15, 0.2) is 0 Å². The van der Waals surface area contributed by atoms with Crippen LogP contribution in [0.25, 0.3) is 0 Å². The van der Waals surface area contributed by atoms with Crippen molar-refractivity contribution in [3.05, 3.63) is 59.9 Å². The third kappa shape index (κ3) is 3.33. The first-order valence-corrected chi connectivity index (χ1v) is 10.7. The third-order valence-corrected chi connectivity index (χ3v) is 6.68. The molecule has 0 unspecified atom stereocenters. The summed E-state index contributed by atoms with van der Waals surface area (Å²) in [6, 6.07) is 11.4. The highest BCUT2D eigenvalue weighted by molar-refractivity contribution is 6.05. The molecule has 0 saturated heterocycles. The van der Waals surface area contributed by atoms with Crippen molar-refractivity contribution in [1.29, 1.82) is 0 Å². The summed E-state index contributed by atoms with van der Waals surface area (Å²) in [5.41, 5.74) is 1.74. The number of aromatic nitrogens is 1. The summed E-state index contributed by atoms with van der Waals surface area (Å²) in [6.07, 6.45) is 9.19. The SMILES string of the molecule is CC[C@@H](C)N1C(=O)c2ccccc2[C@@H](C(=O)Nc2cccnc2)C12CCCCC2. The fourth-order valence-electron chi connectivity index (χ4n) is 5.26. The molecule has 1 saturated carbocycles. The lowest BCUT2D eigenvalue weighted by Gasteiger charge is -2.55. The lowest BCUT2D eigenvalue weighted by Crippen LogP contribution is -2.64. The van der Waals surface area contributed by atoms with Gasteiger partial charge in [-0.2, -0.15) is 0 Å². The fourth-order valence-corrected chi connectivity index (χ4v) is 5.26. The molecule has 2 atom stereocenters. The van der Waals surface area contributed by atoms with Gasteiger partial charge in [-0.25, -0.2) is 0 Å². The number of amides is 2. The topological polar surface area (TPSA) is 62.3 Å². The number of benzene rings is 1. The van der Waals surface area contributed by atoms with E-state index in [1.807, 2.05) is 36.4 Å². The number of pyridine rings is 1. The molecule has 5 nitrogen and oxygen atoms in total. The number of anilines is 1. The van der Waals surface area contributed by atoms with E-state index >= 15 is 0 Å². The molecule has 1 aromatic carbocycles. The van der Waals surface area contributed by atoms with Crippen LogP contribution in [0.15, 0.2) is 48.8 Å². The van der Waals surface area contributed by atoms with Crippen LogP contribution in [-0.4, -0.2) is 33.3 Å². The third-order valence-electron chi connectivity index (χ3n) is 6.68. The zero-order valence-electron chi connectivity index (χ0n) is 17.2. The van der Waals surface area contributed by atoms with E-state index in [-0.39, 0.29) is 23.8 Å². The summed E-state index contributed by atoms with van der Waals surface area (Å²) in [6.45, 7) is 4.22. The highest BCUT2D eigenvalue weighted by Gasteiger charge is 2.55. The Bertz CT molecular complexity index is 890. The largest absolute Gasteiger partial charge is 0.329 e. The number of hydrogen-bond donors (Lipinski definition) is 1. The maximum absolute atomic E-state index is 13.7. The Balaban J connectivity index is 1.85. The van der Waals surface area contributed by atoms with Crippen molar-refractivity contribution in [2.24, 2.45) is 0 Å². The van der Waals surface area contributed by atoms with Crippen LogP contribution in [0.2, 0.25) is 0 Å². The highest BCUT2D eigenvalue weighted by atomic mass is 16.2. The van der Waals surface area contributed by atoms with E-state index in [1.165, 1.54) is 0 Å².